The molecule has 19 heavy (non-hydrogen) atoms. The van der Waals surface area contributed by atoms with E-state index in [2.05, 4.69) is 49.1 Å². The molecule has 4 heteroatoms. The molecule has 0 amide bonds. The molecule has 0 radical (unpaired) electrons. The molecule has 2 rings (SSSR count). The van der Waals surface area contributed by atoms with Crippen molar-refractivity contribution in [3.63, 3.8) is 0 Å². The van der Waals surface area contributed by atoms with Crippen LogP contribution in [0, 0.1) is 19.8 Å². The molecule has 4 nitrogen and oxygen atoms in total. The van der Waals surface area contributed by atoms with Crippen LogP contribution in [0.2, 0.25) is 0 Å². The zero-order valence-electron chi connectivity index (χ0n) is 11.8. The highest BCUT2D eigenvalue weighted by Gasteiger charge is 2.10. The molecule has 0 spiro atoms. The van der Waals surface area contributed by atoms with E-state index in [1.165, 1.54) is 16.7 Å². The lowest BCUT2D eigenvalue weighted by atomic mass is 10.0. The van der Waals surface area contributed by atoms with Crippen molar-refractivity contribution in [2.75, 3.05) is 6.54 Å². The summed E-state index contributed by atoms with van der Waals surface area (Å²) >= 11 is 0. The maximum Gasteiger partial charge on any atom is 0.226 e. The second-order valence-electron chi connectivity index (χ2n) is 5.32. The van der Waals surface area contributed by atoms with E-state index >= 15 is 0 Å². The van der Waals surface area contributed by atoms with Crippen LogP contribution < -0.4 is 5.73 Å². The van der Waals surface area contributed by atoms with Gasteiger partial charge in [0.1, 0.15) is 0 Å². The molecule has 0 aliphatic carbocycles. The van der Waals surface area contributed by atoms with Crippen LogP contribution in [0.4, 0.5) is 0 Å². The molecule has 0 aliphatic rings. The van der Waals surface area contributed by atoms with E-state index in [-0.39, 0.29) is 0 Å². The first-order valence-corrected chi connectivity index (χ1v) is 6.65. The molecule has 102 valence electrons. The van der Waals surface area contributed by atoms with Crippen LogP contribution >= 0.6 is 0 Å². The standard InChI is InChI=1S/C15H21N3O/c1-10-4-11(2)6-13(5-10)8-14-17-15(19-18-14)7-12(3)9-16/h4-6,12H,7-9,16H2,1-3H3. The summed E-state index contributed by atoms with van der Waals surface area (Å²) in [6.45, 7) is 6.91. The Labute approximate surface area is 114 Å². The van der Waals surface area contributed by atoms with Crippen LogP contribution in [0.5, 0.6) is 0 Å². The topological polar surface area (TPSA) is 64.9 Å². The number of aryl methyl sites for hydroxylation is 2. The van der Waals surface area contributed by atoms with Crippen molar-refractivity contribution in [2.45, 2.75) is 33.6 Å². The van der Waals surface area contributed by atoms with Gasteiger partial charge in [0.15, 0.2) is 5.82 Å². The number of rotatable bonds is 5. The number of benzene rings is 1. The van der Waals surface area contributed by atoms with Crippen LogP contribution in [0.15, 0.2) is 22.7 Å². The van der Waals surface area contributed by atoms with Crippen molar-refractivity contribution < 1.29 is 4.52 Å². The molecule has 0 saturated carbocycles. The van der Waals surface area contributed by atoms with Gasteiger partial charge >= 0.3 is 0 Å². The molecule has 1 heterocycles. The third kappa shape index (κ3) is 3.89. The number of nitrogens with zero attached hydrogens (tertiary/aromatic N) is 2. The quantitative estimate of drug-likeness (QED) is 0.895. The third-order valence-corrected chi connectivity index (χ3v) is 3.08. The predicted octanol–water partition coefficient (Wildman–Crippen LogP) is 2.41. The van der Waals surface area contributed by atoms with Gasteiger partial charge in [-0.1, -0.05) is 41.4 Å². The summed E-state index contributed by atoms with van der Waals surface area (Å²) in [5, 5.41) is 4.03. The van der Waals surface area contributed by atoms with Gasteiger partial charge in [0, 0.05) is 12.8 Å². The van der Waals surface area contributed by atoms with E-state index in [4.69, 9.17) is 10.3 Å². The van der Waals surface area contributed by atoms with Gasteiger partial charge in [0.2, 0.25) is 5.89 Å². The van der Waals surface area contributed by atoms with Crippen LogP contribution in [0.1, 0.15) is 35.3 Å². The Morgan fingerprint density at radius 3 is 2.53 bits per heavy atom. The van der Waals surface area contributed by atoms with E-state index < -0.39 is 0 Å². The van der Waals surface area contributed by atoms with E-state index in [1.807, 2.05) is 0 Å². The highest BCUT2D eigenvalue weighted by atomic mass is 16.5. The largest absolute Gasteiger partial charge is 0.339 e. The zero-order valence-corrected chi connectivity index (χ0v) is 11.8. The molecule has 1 atom stereocenters. The van der Waals surface area contributed by atoms with Crippen LogP contribution in [0.3, 0.4) is 0 Å². The molecule has 1 aromatic carbocycles. The smallest absolute Gasteiger partial charge is 0.226 e. The summed E-state index contributed by atoms with van der Waals surface area (Å²) in [7, 11) is 0. The summed E-state index contributed by atoms with van der Waals surface area (Å²) in [4.78, 5) is 4.42. The lowest BCUT2D eigenvalue weighted by molar-refractivity contribution is 0.356. The van der Waals surface area contributed by atoms with Crippen LogP contribution in [-0.4, -0.2) is 16.7 Å². The molecule has 0 aliphatic heterocycles. The van der Waals surface area contributed by atoms with Gasteiger partial charge in [0.25, 0.3) is 0 Å². The average Bonchev–Trinajstić information content (AvgIpc) is 2.74. The Kier molecular flexibility index (Phi) is 4.32. The molecule has 2 N–H and O–H groups in total. The maximum atomic E-state index is 5.59. The van der Waals surface area contributed by atoms with Gasteiger partial charge < -0.3 is 10.3 Å². The number of hydrogen-bond donors (Lipinski definition) is 1. The second-order valence-corrected chi connectivity index (χ2v) is 5.32. The summed E-state index contributed by atoms with van der Waals surface area (Å²) in [6.07, 6.45) is 1.46. The SMILES string of the molecule is Cc1cc(C)cc(Cc2noc(CC(C)CN)n2)c1. The van der Waals surface area contributed by atoms with E-state index in [0.29, 0.717) is 24.8 Å². The lowest BCUT2D eigenvalue weighted by Crippen LogP contribution is -2.13. The first kappa shape index (κ1) is 13.7. The van der Waals surface area contributed by atoms with Crippen molar-refractivity contribution in [1.82, 2.24) is 10.1 Å². The van der Waals surface area contributed by atoms with Crippen molar-refractivity contribution in [2.24, 2.45) is 11.7 Å². The zero-order chi connectivity index (χ0) is 13.8. The van der Waals surface area contributed by atoms with Gasteiger partial charge in [-0.05, 0) is 31.9 Å². The number of aromatic nitrogens is 2. The first-order chi connectivity index (χ1) is 9.06. The Morgan fingerprint density at radius 2 is 1.89 bits per heavy atom. The fourth-order valence-corrected chi connectivity index (χ4v) is 2.18. The molecule has 0 saturated heterocycles. The highest BCUT2D eigenvalue weighted by molar-refractivity contribution is 5.30. The Morgan fingerprint density at radius 1 is 1.21 bits per heavy atom. The van der Waals surface area contributed by atoms with E-state index in [1.54, 1.807) is 0 Å². The lowest BCUT2D eigenvalue weighted by Gasteiger charge is -2.02. The Bertz CT molecular complexity index is 528. The van der Waals surface area contributed by atoms with Crippen LogP contribution in [0.25, 0.3) is 0 Å². The molecule has 0 fully saturated rings. The second kappa shape index (κ2) is 5.97. The predicted molar refractivity (Wildman–Crippen MR) is 74.9 cm³/mol. The van der Waals surface area contributed by atoms with E-state index in [0.717, 1.165) is 12.2 Å². The summed E-state index contributed by atoms with van der Waals surface area (Å²) in [6, 6.07) is 6.48. The van der Waals surface area contributed by atoms with Gasteiger partial charge in [-0.3, -0.25) is 0 Å². The summed E-state index contributed by atoms with van der Waals surface area (Å²) in [5.41, 5.74) is 9.33. The Hall–Kier alpha value is -1.68. The van der Waals surface area contributed by atoms with Crippen LogP contribution in [-0.2, 0) is 12.8 Å². The fraction of sp³-hybridized carbons (Fsp3) is 0.467. The van der Waals surface area contributed by atoms with Crippen molar-refractivity contribution in [3.8, 4) is 0 Å². The van der Waals surface area contributed by atoms with Crippen molar-refractivity contribution >= 4 is 0 Å². The maximum absolute atomic E-state index is 5.59. The van der Waals surface area contributed by atoms with Crippen molar-refractivity contribution in [3.05, 3.63) is 46.6 Å². The molecule has 0 bridgehead atoms. The first-order valence-electron chi connectivity index (χ1n) is 6.65. The highest BCUT2D eigenvalue weighted by Crippen LogP contribution is 2.13. The minimum absolute atomic E-state index is 0.370. The molecule has 1 aromatic heterocycles. The molecular formula is C15H21N3O. The van der Waals surface area contributed by atoms with Gasteiger partial charge in [-0.2, -0.15) is 4.98 Å². The third-order valence-electron chi connectivity index (χ3n) is 3.08. The molecule has 2 aromatic rings. The number of hydrogen-bond acceptors (Lipinski definition) is 4. The minimum Gasteiger partial charge on any atom is -0.339 e. The number of nitrogens with two attached hydrogens (primary N) is 1. The molecule has 1 unspecified atom stereocenters. The Balaban J connectivity index is 2.07. The minimum atomic E-state index is 0.370. The fourth-order valence-electron chi connectivity index (χ4n) is 2.18. The summed E-state index contributed by atoms with van der Waals surface area (Å²) in [5.74, 6) is 1.79. The monoisotopic (exact) mass is 259 g/mol. The normalized spacial score (nSPS) is 12.6. The van der Waals surface area contributed by atoms with E-state index in [9.17, 15) is 0 Å². The van der Waals surface area contributed by atoms with Crippen molar-refractivity contribution in [1.29, 1.82) is 0 Å². The molecular weight excluding hydrogens is 238 g/mol. The average molecular weight is 259 g/mol. The van der Waals surface area contributed by atoms with Gasteiger partial charge in [-0.25, -0.2) is 0 Å². The summed E-state index contributed by atoms with van der Waals surface area (Å²) < 4.78 is 5.25. The van der Waals surface area contributed by atoms with Gasteiger partial charge in [-0.15, -0.1) is 0 Å². The van der Waals surface area contributed by atoms with Gasteiger partial charge in [0.05, 0.1) is 0 Å².